The van der Waals surface area contributed by atoms with Crippen molar-refractivity contribution < 1.29 is 62.4 Å². The molecule has 4 bridgehead atoms. The largest absolute Gasteiger partial charge is 0.495 e. The van der Waals surface area contributed by atoms with Crippen molar-refractivity contribution in [2.24, 2.45) is 17.8 Å². The monoisotopic (exact) mass is 972 g/mol. The normalized spacial score (nSPS) is 33.1. The zero-order valence-electron chi connectivity index (χ0n) is 39.8. The molecule has 1 aromatic rings. The van der Waals surface area contributed by atoms with Gasteiger partial charge in [0.15, 0.2) is 5.72 Å². The minimum atomic E-state index is -1.87. The molecule has 9 atom stereocenters. The van der Waals surface area contributed by atoms with Crippen LogP contribution in [0.15, 0.2) is 35.9 Å². The van der Waals surface area contributed by atoms with E-state index in [9.17, 15) is 38.7 Å². The summed E-state index contributed by atoms with van der Waals surface area (Å²) in [5, 5.41) is 13.9. The number of benzene rings is 1. The zero-order valence-corrected chi connectivity index (χ0v) is 41.4. The van der Waals surface area contributed by atoms with Crippen LogP contribution in [-0.2, 0) is 54.1 Å². The fraction of sp³-hybridized carbons (Fsp3) is 0.646. The summed E-state index contributed by atoms with van der Waals surface area (Å²) in [7, 11) is 5.91. The number of ether oxygens (including phenoxy) is 5. The van der Waals surface area contributed by atoms with Gasteiger partial charge in [-0.2, -0.15) is 0 Å². The van der Waals surface area contributed by atoms with E-state index in [0.29, 0.717) is 24.4 Å². The van der Waals surface area contributed by atoms with E-state index in [0.717, 1.165) is 36.8 Å². The molecule has 6 rings (SSSR count). The average molecular weight is 974 g/mol. The molecule has 4 heterocycles. The van der Waals surface area contributed by atoms with E-state index in [1.165, 1.54) is 54.7 Å². The SMILES string of the molecule is COc1cc2cc(c1Cl)N(C)C(=O)C[C@H](OC(=O)[C@H](C)N(C)C(=O)CCSC1CC(=O)N(CC3CCC(C(C)=O)CC3)C1=O)[C@@]1(C)O[C@H]1[C@H](C)[C@@H]1C[C@@](O)(NC(=O)O1)[C@H](OC)/C=C/C=C(\C)C2. The summed E-state index contributed by atoms with van der Waals surface area (Å²) in [4.78, 5) is 96.8. The van der Waals surface area contributed by atoms with E-state index in [1.807, 2.05) is 13.0 Å². The van der Waals surface area contributed by atoms with Crippen molar-refractivity contribution in [2.45, 2.75) is 139 Å². The van der Waals surface area contributed by atoms with E-state index in [-0.39, 0.29) is 65.9 Å². The van der Waals surface area contributed by atoms with Gasteiger partial charge in [0.05, 0.1) is 30.6 Å². The molecular formula is C48H65ClN4O13S. The molecule has 368 valence electrons. The van der Waals surface area contributed by atoms with Crippen LogP contribution in [0.2, 0.25) is 5.02 Å². The molecule has 4 fully saturated rings. The standard InChI is InChI=1S/C48H65ClN4O13S/c1-26-11-10-12-37(63-9)48(61)24-35(64-46(60)50-48)27(2)43-47(5,66-43)38(23-40(56)52(7)33-20-31(19-26)21-34(62-8)42(33)49)65-45(59)28(3)51(6)39(55)17-18-67-36-22-41(57)53(44(36)58)25-30-13-15-32(16-14-30)29(4)54/h10-12,20-21,27-28,30,32,35-38,43,61H,13-19,22-25H2,1-9H3,(H,50,60)/b12-10+,26-11+/t27-,28+,30?,32?,35+,36?,37-,38+,43+,47-,48+/m1/s1. The summed E-state index contributed by atoms with van der Waals surface area (Å²) in [5.41, 5.74) is -1.13. The Morgan fingerprint density at radius 3 is 2.45 bits per heavy atom. The number of methoxy groups -OCH3 is 2. The molecule has 1 saturated carbocycles. The van der Waals surface area contributed by atoms with Crippen molar-refractivity contribution in [3.8, 4) is 5.75 Å². The Bertz CT molecular complexity index is 2160. The van der Waals surface area contributed by atoms with Gasteiger partial charge in [0.1, 0.15) is 46.5 Å². The number of hydrogen-bond acceptors (Lipinski definition) is 14. The number of epoxide rings is 1. The molecule has 19 heteroatoms. The van der Waals surface area contributed by atoms with Crippen LogP contribution >= 0.6 is 23.4 Å². The van der Waals surface area contributed by atoms with Crippen LogP contribution in [0.1, 0.15) is 91.5 Å². The minimum absolute atomic E-state index is 0.0292. The van der Waals surface area contributed by atoms with E-state index in [2.05, 4.69) is 5.32 Å². The quantitative estimate of drug-likeness (QED) is 0.158. The maximum Gasteiger partial charge on any atom is 0.409 e. The van der Waals surface area contributed by atoms with E-state index in [1.54, 1.807) is 52.1 Å². The highest BCUT2D eigenvalue weighted by molar-refractivity contribution is 8.00. The Balaban J connectivity index is 1.16. The van der Waals surface area contributed by atoms with Crippen LogP contribution < -0.4 is 15.0 Å². The number of carbonyl (C=O) groups is 7. The topological polar surface area (TPSA) is 211 Å². The number of rotatable bonds is 12. The van der Waals surface area contributed by atoms with Crippen LogP contribution in [0.5, 0.6) is 5.75 Å². The molecule has 5 amide bonds. The van der Waals surface area contributed by atoms with Crippen LogP contribution in [0.4, 0.5) is 10.5 Å². The molecule has 4 aliphatic heterocycles. The predicted molar refractivity (Wildman–Crippen MR) is 249 cm³/mol. The average Bonchev–Trinajstić information content (AvgIpc) is 3.91. The smallest absolute Gasteiger partial charge is 0.409 e. The first-order valence-electron chi connectivity index (χ1n) is 22.9. The Kier molecular flexibility index (Phi) is 16.6. The molecule has 0 radical (unpaired) electrons. The summed E-state index contributed by atoms with van der Waals surface area (Å²) in [6, 6.07) is 2.43. The number of fused-ring (bicyclic) bond motifs is 5. The second-order valence-corrected chi connectivity index (χ2v) is 20.6. The fourth-order valence-electron chi connectivity index (χ4n) is 9.67. The van der Waals surface area contributed by atoms with Gasteiger partial charge in [0.25, 0.3) is 0 Å². The number of alkyl carbamates (subject to hydrolysis) is 1. The third kappa shape index (κ3) is 11.7. The number of nitrogens with zero attached hydrogens (tertiary/aromatic N) is 3. The highest BCUT2D eigenvalue weighted by Crippen LogP contribution is 2.49. The molecule has 5 aliphatic rings. The Morgan fingerprint density at radius 2 is 1.79 bits per heavy atom. The lowest BCUT2D eigenvalue weighted by Crippen LogP contribution is -2.63. The Labute approximate surface area is 401 Å². The fourth-order valence-corrected chi connectivity index (χ4v) is 11.1. The third-order valence-electron chi connectivity index (χ3n) is 14.2. The number of ketones is 1. The summed E-state index contributed by atoms with van der Waals surface area (Å²) >= 11 is 8.04. The lowest BCUT2D eigenvalue weighted by Gasteiger charge is -2.42. The number of anilines is 1. The number of esters is 1. The minimum Gasteiger partial charge on any atom is -0.495 e. The number of likely N-dealkylation sites (tertiary alicyclic amines) is 1. The molecule has 2 N–H and O–H groups in total. The first kappa shape index (κ1) is 51.9. The first-order chi connectivity index (χ1) is 31.6. The molecule has 67 heavy (non-hydrogen) atoms. The summed E-state index contributed by atoms with van der Waals surface area (Å²) in [6.07, 6.45) is 3.60. The van der Waals surface area contributed by atoms with Crippen LogP contribution in [0.25, 0.3) is 0 Å². The van der Waals surface area contributed by atoms with Gasteiger partial charge in [-0.05, 0) is 83.4 Å². The van der Waals surface area contributed by atoms with Crippen molar-refractivity contribution in [3.05, 3.63) is 46.5 Å². The van der Waals surface area contributed by atoms with Gasteiger partial charge < -0.3 is 38.6 Å². The van der Waals surface area contributed by atoms with Crippen LogP contribution in [0, 0.1) is 17.8 Å². The van der Waals surface area contributed by atoms with E-state index < -0.39 is 76.8 Å². The van der Waals surface area contributed by atoms with Crippen molar-refractivity contribution in [3.63, 3.8) is 0 Å². The van der Waals surface area contributed by atoms with Crippen LogP contribution in [0.3, 0.4) is 0 Å². The van der Waals surface area contributed by atoms with Crippen molar-refractivity contribution in [2.75, 3.05) is 45.5 Å². The summed E-state index contributed by atoms with van der Waals surface area (Å²) in [6.45, 7) is 8.82. The highest BCUT2D eigenvalue weighted by atomic mass is 35.5. The van der Waals surface area contributed by atoms with Gasteiger partial charge in [-0.1, -0.05) is 42.3 Å². The van der Waals surface area contributed by atoms with Crippen LogP contribution in [-0.4, -0.2) is 144 Å². The van der Waals surface area contributed by atoms with Gasteiger partial charge in [0, 0.05) is 64.6 Å². The van der Waals surface area contributed by atoms with Crippen molar-refractivity contribution in [1.29, 1.82) is 0 Å². The number of halogens is 1. The lowest BCUT2D eigenvalue weighted by atomic mass is 9.80. The van der Waals surface area contributed by atoms with E-state index in [4.69, 9.17) is 35.3 Å². The second-order valence-electron chi connectivity index (χ2n) is 18.9. The van der Waals surface area contributed by atoms with Gasteiger partial charge in [-0.25, -0.2) is 9.59 Å². The van der Waals surface area contributed by atoms with Crippen molar-refractivity contribution in [1.82, 2.24) is 15.1 Å². The third-order valence-corrected chi connectivity index (χ3v) is 15.8. The lowest BCUT2D eigenvalue weighted by molar-refractivity contribution is -0.162. The molecule has 1 unspecified atom stereocenters. The van der Waals surface area contributed by atoms with Gasteiger partial charge in [-0.3, -0.25) is 34.2 Å². The molecular weight excluding hydrogens is 908 g/mol. The number of Topliss-reactive ketones (excluding diaryl/α,β-unsaturated/α-hetero) is 1. The van der Waals surface area contributed by atoms with Crippen molar-refractivity contribution >= 4 is 70.5 Å². The number of nitrogens with one attached hydrogen (secondary N) is 1. The predicted octanol–water partition coefficient (Wildman–Crippen LogP) is 5.16. The number of allylic oxidation sites excluding steroid dienone is 3. The highest BCUT2D eigenvalue weighted by Gasteiger charge is 2.64. The van der Waals surface area contributed by atoms with Gasteiger partial charge >= 0.3 is 12.1 Å². The maximum absolute atomic E-state index is 14.3. The number of amides is 5. The number of hydrogen-bond donors (Lipinski definition) is 2. The van der Waals surface area contributed by atoms with Gasteiger partial charge in [0.2, 0.25) is 23.6 Å². The Morgan fingerprint density at radius 1 is 1.09 bits per heavy atom. The zero-order chi connectivity index (χ0) is 49.1. The molecule has 3 saturated heterocycles. The number of imide groups is 1. The summed E-state index contributed by atoms with van der Waals surface area (Å²) in [5.74, 6) is -1.84. The Hall–Kier alpha value is -4.49. The molecule has 0 spiro atoms. The number of likely N-dealkylation sites (N-methyl/N-ethyl adjacent to an activating group) is 1. The molecule has 17 nitrogen and oxygen atoms in total. The molecule has 0 aromatic heterocycles. The number of thioether (sulfide) groups is 1. The number of carbonyl (C=O) groups excluding carboxylic acids is 7. The second kappa shape index (κ2) is 21.4. The summed E-state index contributed by atoms with van der Waals surface area (Å²) < 4.78 is 29.4. The molecule has 1 aromatic carbocycles. The first-order valence-corrected chi connectivity index (χ1v) is 24.3. The van der Waals surface area contributed by atoms with E-state index >= 15 is 0 Å². The molecule has 1 aliphatic carbocycles. The number of aliphatic hydroxyl groups is 1. The van der Waals surface area contributed by atoms with Gasteiger partial charge in [-0.15, -0.1) is 11.8 Å². The maximum atomic E-state index is 14.3.